The second kappa shape index (κ2) is 8.89. The molecular weight excluding hydrogens is 382 g/mol. The normalized spacial score (nSPS) is 23.7. The number of nitrogens with zero attached hydrogens (tertiary/aromatic N) is 2. The molecule has 2 aromatic rings. The number of aromatic nitrogens is 1. The molecule has 0 bridgehead atoms. The van der Waals surface area contributed by atoms with E-state index in [1.54, 1.807) is 7.11 Å². The largest absolute Gasteiger partial charge is 0.493 e. The molecule has 2 aliphatic heterocycles. The Labute approximate surface area is 177 Å². The summed E-state index contributed by atoms with van der Waals surface area (Å²) < 4.78 is 11.3. The standard InChI is InChI=1S/C23H31N3O4/c1-14-3-5-25-20(7-14)18-11-26-6-4-15-8-23(30-16(12-27)13-28)22(29-2)9-17(15)21(26)10-19(18)24/h3,5,7-9,16,18-19,21,27-28H,4,6,10-13,24H2,1-2H3/t18-,19-,21-/m0/s1. The van der Waals surface area contributed by atoms with Crippen molar-refractivity contribution < 1.29 is 19.7 Å². The zero-order valence-corrected chi connectivity index (χ0v) is 17.6. The Morgan fingerprint density at radius 2 is 2.03 bits per heavy atom. The van der Waals surface area contributed by atoms with Crippen LogP contribution in [0.3, 0.4) is 0 Å². The van der Waals surface area contributed by atoms with Gasteiger partial charge in [0.15, 0.2) is 11.5 Å². The SMILES string of the molecule is COc1cc2c(cc1OC(CO)CO)CCN1C[C@H](c3cc(C)ccn3)[C@@H](N)C[C@@H]21. The van der Waals surface area contributed by atoms with Crippen molar-refractivity contribution in [2.75, 3.05) is 33.4 Å². The third-order valence-corrected chi connectivity index (χ3v) is 6.35. The van der Waals surface area contributed by atoms with Gasteiger partial charge in [0.2, 0.25) is 0 Å². The van der Waals surface area contributed by atoms with E-state index in [2.05, 4.69) is 22.9 Å². The van der Waals surface area contributed by atoms with Crippen molar-refractivity contribution in [3.8, 4) is 11.5 Å². The molecule has 0 radical (unpaired) electrons. The van der Waals surface area contributed by atoms with Crippen LogP contribution in [0.25, 0.3) is 0 Å². The second-order valence-corrected chi connectivity index (χ2v) is 8.33. The van der Waals surface area contributed by atoms with Gasteiger partial charge in [0.25, 0.3) is 0 Å². The number of aliphatic hydroxyl groups excluding tert-OH is 2. The summed E-state index contributed by atoms with van der Waals surface area (Å²) in [6, 6.07) is 8.45. The predicted octanol–water partition coefficient (Wildman–Crippen LogP) is 1.54. The number of aryl methyl sites for hydroxylation is 1. The first-order valence-corrected chi connectivity index (χ1v) is 10.5. The van der Waals surface area contributed by atoms with Gasteiger partial charge in [0, 0.05) is 43.0 Å². The maximum Gasteiger partial charge on any atom is 0.162 e. The van der Waals surface area contributed by atoms with E-state index >= 15 is 0 Å². The molecule has 0 amide bonds. The van der Waals surface area contributed by atoms with Gasteiger partial charge in [0.1, 0.15) is 6.10 Å². The van der Waals surface area contributed by atoms with Crippen LogP contribution in [0.15, 0.2) is 30.5 Å². The van der Waals surface area contributed by atoms with Crippen LogP contribution < -0.4 is 15.2 Å². The summed E-state index contributed by atoms with van der Waals surface area (Å²) in [5.41, 5.74) is 11.4. The monoisotopic (exact) mass is 413 g/mol. The molecule has 4 rings (SSSR count). The molecule has 2 aliphatic rings. The van der Waals surface area contributed by atoms with E-state index in [0.717, 1.165) is 31.6 Å². The van der Waals surface area contributed by atoms with E-state index < -0.39 is 6.10 Å². The number of rotatable bonds is 6. The minimum absolute atomic E-state index is 0.0292. The van der Waals surface area contributed by atoms with Crippen LogP contribution in [0, 0.1) is 6.92 Å². The molecule has 1 aromatic carbocycles. The topological polar surface area (TPSA) is 101 Å². The fourth-order valence-corrected chi connectivity index (χ4v) is 4.70. The quantitative estimate of drug-likeness (QED) is 0.660. The molecule has 3 heterocycles. The van der Waals surface area contributed by atoms with E-state index in [1.165, 1.54) is 16.7 Å². The van der Waals surface area contributed by atoms with Gasteiger partial charge in [-0.15, -0.1) is 0 Å². The van der Waals surface area contributed by atoms with Crippen molar-refractivity contribution in [3.05, 3.63) is 52.8 Å². The number of ether oxygens (including phenoxy) is 2. The van der Waals surface area contributed by atoms with Crippen LogP contribution in [0.5, 0.6) is 11.5 Å². The van der Waals surface area contributed by atoms with Crippen molar-refractivity contribution >= 4 is 0 Å². The van der Waals surface area contributed by atoms with Gasteiger partial charge >= 0.3 is 0 Å². The zero-order chi connectivity index (χ0) is 21.3. The first kappa shape index (κ1) is 21.1. The Bertz CT molecular complexity index is 887. The Balaban J connectivity index is 1.60. The third kappa shape index (κ3) is 4.03. The smallest absolute Gasteiger partial charge is 0.162 e. The van der Waals surface area contributed by atoms with E-state index in [9.17, 15) is 10.2 Å². The molecule has 0 unspecified atom stereocenters. The molecule has 0 aliphatic carbocycles. The van der Waals surface area contributed by atoms with Crippen molar-refractivity contribution in [3.63, 3.8) is 0 Å². The van der Waals surface area contributed by atoms with Gasteiger partial charge in [0.05, 0.1) is 20.3 Å². The molecule has 30 heavy (non-hydrogen) atoms. The van der Waals surface area contributed by atoms with Crippen LogP contribution in [0.4, 0.5) is 0 Å². The lowest BCUT2D eigenvalue weighted by Crippen LogP contribution is -2.50. The highest BCUT2D eigenvalue weighted by Crippen LogP contribution is 2.44. The van der Waals surface area contributed by atoms with Crippen LogP contribution in [-0.4, -0.2) is 65.7 Å². The molecule has 0 saturated carbocycles. The Morgan fingerprint density at radius 3 is 2.73 bits per heavy atom. The molecule has 3 atom stereocenters. The van der Waals surface area contributed by atoms with Gasteiger partial charge in [-0.05, 0) is 60.7 Å². The number of nitrogens with two attached hydrogens (primary N) is 1. The van der Waals surface area contributed by atoms with Crippen LogP contribution >= 0.6 is 0 Å². The lowest BCUT2D eigenvalue weighted by molar-refractivity contribution is 0.0605. The minimum Gasteiger partial charge on any atom is -0.493 e. The average molecular weight is 414 g/mol. The number of hydrogen-bond donors (Lipinski definition) is 3. The second-order valence-electron chi connectivity index (χ2n) is 8.33. The summed E-state index contributed by atoms with van der Waals surface area (Å²) in [5.74, 6) is 1.39. The third-order valence-electron chi connectivity index (χ3n) is 6.35. The molecule has 7 heteroatoms. The van der Waals surface area contributed by atoms with E-state index in [1.807, 2.05) is 24.4 Å². The molecular formula is C23H31N3O4. The van der Waals surface area contributed by atoms with Crippen molar-refractivity contribution in [2.24, 2.45) is 5.73 Å². The van der Waals surface area contributed by atoms with Gasteiger partial charge in [-0.2, -0.15) is 0 Å². The molecule has 162 valence electrons. The van der Waals surface area contributed by atoms with E-state index in [-0.39, 0.29) is 31.2 Å². The van der Waals surface area contributed by atoms with Crippen molar-refractivity contribution in [1.82, 2.24) is 9.88 Å². The number of aliphatic hydroxyl groups is 2. The summed E-state index contributed by atoms with van der Waals surface area (Å²) in [7, 11) is 1.61. The Hall–Kier alpha value is -2.19. The van der Waals surface area contributed by atoms with Gasteiger partial charge < -0.3 is 25.4 Å². The predicted molar refractivity (Wildman–Crippen MR) is 114 cm³/mol. The molecule has 7 nitrogen and oxygen atoms in total. The Kier molecular flexibility index (Phi) is 6.24. The number of hydrogen-bond acceptors (Lipinski definition) is 7. The summed E-state index contributed by atoms with van der Waals surface area (Å²) in [6.45, 7) is 3.41. The van der Waals surface area contributed by atoms with Gasteiger partial charge in [-0.1, -0.05) is 0 Å². The lowest BCUT2D eigenvalue weighted by atomic mass is 9.79. The highest BCUT2D eigenvalue weighted by molar-refractivity contribution is 5.50. The van der Waals surface area contributed by atoms with Crippen molar-refractivity contribution in [1.29, 1.82) is 0 Å². The lowest BCUT2D eigenvalue weighted by Gasteiger charge is -2.46. The fourth-order valence-electron chi connectivity index (χ4n) is 4.70. The maximum atomic E-state index is 9.36. The average Bonchev–Trinajstić information content (AvgIpc) is 2.76. The first-order chi connectivity index (χ1) is 14.5. The number of fused-ring (bicyclic) bond motifs is 3. The molecule has 1 aromatic heterocycles. The minimum atomic E-state index is -0.664. The summed E-state index contributed by atoms with van der Waals surface area (Å²) in [5, 5.41) is 18.7. The number of methoxy groups -OCH3 is 1. The van der Waals surface area contributed by atoms with Gasteiger partial charge in [-0.25, -0.2) is 0 Å². The molecule has 1 fully saturated rings. The highest BCUT2D eigenvalue weighted by Gasteiger charge is 2.39. The molecule has 4 N–H and O–H groups in total. The van der Waals surface area contributed by atoms with Crippen LogP contribution in [0.1, 0.15) is 40.8 Å². The number of piperidine rings is 1. The van der Waals surface area contributed by atoms with Gasteiger partial charge in [-0.3, -0.25) is 9.88 Å². The van der Waals surface area contributed by atoms with E-state index in [0.29, 0.717) is 11.5 Å². The maximum absolute atomic E-state index is 9.36. The van der Waals surface area contributed by atoms with E-state index in [4.69, 9.17) is 15.2 Å². The number of pyridine rings is 1. The molecule has 1 saturated heterocycles. The van der Waals surface area contributed by atoms with Crippen LogP contribution in [-0.2, 0) is 6.42 Å². The first-order valence-electron chi connectivity index (χ1n) is 10.5. The molecule has 0 spiro atoms. The summed E-state index contributed by atoms with van der Waals surface area (Å²) in [4.78, 5) is 7.10. The Morgan fingerprint density at radius 1 is 1.23 bits per heavy atom. The fraction of sp³-hybridized carbons (Fsp3) is 0.522. The van der Waals surface area contributed by atoms with Crippen LogP contribution in [0.2, 0.25) is 0 Å². The number of benzene rings is 1. The highest BCUT2D eigenvalue weighted by atomic mass is 16.5. The zero-order valence-electron chi connectivity index (χ0n) is 17.6. The van der Waals surface area contributed by atoms with Crippen molar-refractivity contribution in [2.45, 2.75) is 43.9 Å². The summed E-state index contributed by atoms with van der Waals surface area (Å²) in [6.07, 6.45) is 2.96. The summed E-state index contributed by atoms with van der Waals surface area (Å²) >= 11 is 0.